The molecule has 0 saturated carbocycles. The SMILES string of the molecule is c1ccc(COc2cccc(N(c3ccc(-c4ccccc4)cc3)c3ccc(-c4ccccc4)cc3)c2)cc1. The van der Waals surface area contributed by atoms with E-state index in [2.05, 4.69) is 132 Å². The Hall–Kier alpha value is -5.08. The van der Waals surface area contributed by atoms with Gasteiger partial charge in [0.05, 0.1) is 0 Å². The van der Waals surface area contributed by atoms with Crippen LogP contribution in [0, 0.1) is 0 Å². The first-order valence-electron chi connectivity index (χ1n) is 13.2. The highest BCUT2D eigenvalue weighted by molar-refractivity contribution is 5.80. The number of rotatable bonds is 8. The van der Waals surface area contributed by atoms with Crippen molar-refractivity contribution in [3.8, 4) is 28.0 Å². The summed E-state index contributed by atoms with van der Waals surface area (Å²) >= 11 is 0. The molecule has 0 radical (unpaired) electrons. The van der Waals surface area contributed by atoms with E-state index in [1.807, 2.05) is 36.4 Å². The van der Waals surface area contributed by atoms with E-state index in [9.17, 15) is 0 Å². The van der Waals surface area contributed by atoms with Gasteiger partial charge < -0.3 is 9.64 Å². The molecule has 0 atom stereocenters. The van der Waals surface area contributed by atoms with Crippen LogP contribution in [-0.4, -0.2) is 0 Å². The van der Waals surface area contributed by atoms with Gasteiger partial charge in [-0.3, -0.25) is 0 Å². The molecule has 2 nitrogen and oxygen atoms in total. The van der Waals surface area contributed by atoms with E-state index in [1.165, 1.54) is 22.3 Å². The third-order valence-electron chi connectivity index (χ3n) is 6.79. The van der Waals surface area contributed by atoms with Crippen molar-refractivity contribution in [2.75, 3.05) is 4.90 Å². The van der Waals surface area contributed by atoms with Crippen molar-refractivity contribution in [3.05, 3.63) is 169 Å². The van der Waals surface area contributed by atoms with Gasteiger partial charge in [-0.15, -0.1) is 0 Å². The minimum atomic E-state index is 0.530. The van der Waals surface area contributed by atoms with Crippen molar-refractivity contribution in [1.82, 2.24) is 0 Å². The van der Waals surface area contributed by atoms with Crippen LogP contribution >= 0.6 is 0 Å². The Balaban J connectivity index is 1.35. The normalized spacial score (nSPS) is 10.7. The van der Waals surface area contributed by atoms with Crippen LogP contribution in [0.3, 0.4) is 0 Å². The number of ether oxygens (including phenoxy) is 1. The zero-order valence-corrected chi connectivity index (χ0v) is 21.7. The standard InChI is InChI=1S/C37H29NO/c1-4-11-29(12-5-1)28-39-37-18-10-17-36(27-37)38(34-23-19-32(20-24-34)30-13-6-2-7-14-30)35-25-21-33(22-26-35)31-15-8-3-9-16-31/h1-27H,28H2. The van der Waals surface area contributed by atoms with Gasteiger partial charge in [-0.05, 0) is 64.2 Å². The fraction of sp³-hybridized carbons (Fsp3) is 0.0270. The van der Waals surface area contributed by atoms with E-state index >= 15 is 0 Å². The highest BCUT2D eigenvalue weighted by atomic mass is 16.5. The van der Waals surface area contributed by atoms with Gasteiger partial charge in [-0.2, -0.15) is 0 Å². The third kappa shape index (κ3) is 5.76. The number of hydrogen-bond donors (Lipinski definition) is 0. The van der Waals surface area contributed by atoms with E-state index in [1.54, 1.807) is 0 Å². The van der Waals surface area contributed by atoms with Crippen molar-refractivity contribution in [2.45, 2.75) is 6.61 Å². The fourth-order valence-electron chi connectivity index (χ4n) is 4.77. The monoisotopic (exact) mass is 503 g/mol. The zero-order chi connectivity index (χ0) is 26.3. The highest BCUT2D eigenvalue weighted by Crippen LogP contribution is 2.38. The average molecular weight is 504 g/mol. The largest absolute Gasteiger partial charge is 0.489 e. The zero-order valence-electron chi connectivity index (χ0n) is 21.7. The summed E-state index contributed by atoms with van der Waals surface area (Å²) in [6, 6.07) is 57.0. The summed E-state index contributed by atoms with van der Waals surface area (Å²) in [5.74, 6) is 0.836. The Labute approximate surface area is 230 Å². The lowest BCUT2D eigenvalue weighted by Gasteiger charge is -2.26. The smallest absolute Gasteiger partial charge is 0.121 e. The second kappa shape index (κ2) is 11.5. The third-order valence-corrected chi connectivity index (χ3v) is 6.79. The summed E-state index contributed by atoms with van der Waals surface area (Å²) in [4.78, 5) is 2.28. The molecule has 0 aromatic heterocycles. The average Bonchev–Trinajstić information content (AvgIpc) is 3.02. The predicted octanol–water partition coefficient (Wildman–Crippen LogP) is 10.1. The molecule has 0 unspecified atom stereocenters. The summed E-state index contributed by atoms with van der Waals surface area (Å²) in [5.41, 5.74) is 9.16. The van der Waals surface area contributed by atoms with Crippen LogP contribution in [0.2, 0.25) is 0 Å². The van der Waals surface area contributed by atoms with E-state index in [4.69, 9.17) is 4.74 Å². The van der Waals surface area contributed by atoms with E-state index in [0.717, 1.165) is 28.4 Å². The quantitative estimate of drug-likeness (QED) is 0.205. The molecule has 2 heteroatoms. The summed E-state index contributed by atoms with van der Waals surface area (Å²) in [7, 11) is 0. The second-order valence-corrected chi connectivity index (χ2v) is 9.43. The predicted molar refractivity (Wildman–Crippen MR) is 163 cm³/mol. The molecule has 39 heavy (non-hydrogen) atoms. The van der Waals surface area contributed by atoms with Crippen molar-refractivity contribution in [3.63, 3.8) is 0 Å². The molecular formula is C37H29NO. The van der Waals surface area contributed by atoms with Crippen LogP contribution < -0.4 is 9.64 Å². The Morgan fingerprint density at radius 1 is 0.385 bits per heavy atom. The highest BCUT2D eigenvalue weighted by Gasteiger charge is 2.14. The van der Waals surface area contributed by atoms with Crippen LogP contribution in [0.25, 0.3) is 22.3 Å². The summed E-state index contributed by atoms with van der Waals surface area (Å²) in [6.45, 7) is 0.530. The van der Waals surface area contributed by atoms with Gasteiger partial charge in [0.1, 0.15) is 12.4 Å². The lowest BCUT2D eigenvalue weighted by molar-refractivity contribution is 0.306. The molecule has 0 N–H and O–H groups in total. The topological polar surface area (TPSA) is 12.5 Å². The number of anilines is 3. The lowest BCUT2D eigenvalue weighted by atomic mass is 10.0. The first-order valence-corrected chi connectivity index (χ1v) is 13.2. The minimum Gasteiger partial charge on any atom is -0.489 e. The molecule has 0 aliphatic carbocycles. The van der Waals surface area contributed by atoms with E-state index in [-0.39, 0.29) is 0 Å². The van der Waals surface area contributed by atoms with Crippen molar-refractivity contribution >= 4 is 17.1 Å². The number of nitrogens with zero attached hydrogens (tertiary/aromatic N) is 1. The van der Waals surface area contributed by atoms with Crippen LogP contribution in [0.15, 0.2) is 164 Å². The molecule has 0 amide bonds. The van der Waals surface area contributed by atoms with Gasteiger partial charge in [-0.25, -0.2) is 0 Å². The maximum atomic E-state index is 6.18. The van der Waals surface area contributed by atoms with Crippen LogP contribution in [0.4, 0.5) is 17.1 Å². The molecule has 6 rings (SSSR count). The summed E-state index contributed by atoms with van der Waals surface area (Å²) in [6.07, 6.45) is 0. The van der Waals surface area contributed by atoms with Gasteiger partial charge in [0.2, 0.25) is 0 Å². The van der Waals surface area contributed by atoms with Crippen LogP contribution in [-0.2, 0) is 6.61 Å². The van der Waals surface area contributed by atoms with Crippen molar-refractivity contribution in [2.24, 2.45) is 0 Å². The number of hydrogen-bond acceptors (Lipinski definition) is 2. The molecule has 0 heterocycles. The second-order valence-electron chi connectivity index (χ2n) is 9.43. The fourth-order valence-corrected chi connectivity index (χ4v) is 4.77. The first-order chi connectivity index (χ1) is 19.3. The number of benzene rings is 6. The van der Waals surface area contributed by atoms with Gasteiger partial charge >= 0.3 is 0 Å². The van der Waals surface area contributed by atoms with Gasteiger partial charge in [-0.1, -0.05) is 121 Å². The van der Waals surface area contributed by atoms with Crippen molar-refractivity contribution in [1.29, 1.82) is 0 Å². The van der Waals surface area contributed by atoms with Crippen LogP contribution in [0.1, 0.15) is 5.56 Å². The van der Waals surface area contributed by atoms with Crippen molar-refractivity contribution < 1.29 is 4.74 Å². The van der Waals surface area contributed by atoms with Gasteiger partial charge in [0, 0.05) is 23.1 Å². The molecule has 6 aromatic carbocycles. The summed E-state index contributed by atoms with van der Waals surface area (Å²) in [5, 5.41) is 0. The summed E-state index contributed by atoms with van der Waals surface area (Å²) < 4.78 is 6.18. The Morgan fingerprint density at radius 3 is 1.36 bits per heavy atom. The van der Waals surface area contributed by atoms with Gasteiger partial charge in [0.15, 0.2) is 0 Å². The molecule has 188 valence electrons. The molecule has 0 spiro atoms. The molecule has 0 aliphatic heterocycles. The van der Waals surface area contributed by atoms with E-state index in [0.29, 0.717) is 6.61 Å². The van der Waals surface area contributed by atoms with E-state index < -0.39 is 0 Å². The maximum Gasteiger partial charge on any atom is 0.121 e. The molecule has 6 aromatic rings. The maximum absolute atomic E-state index is 6.18. The molecular weight excluding hydrogens is 474 g/mol. The molecule has 0 bridgehead atoms. The molecule has 0 aliphatic rings. The Bertz CT molecular complexity index is 1530. The van der Waals surface area contributed by atoms with Crippen LogP contribution in [0.5, 0.6) is 5.75 Å². The first kappa shape index (κ1) is 24.3. The molecule has 0 saturated heterocycles. The minimum absolute atomic E-state index is 0.530. The lowest BCUT2D eigenvalue weighted by Crippen LogP contribution is -2.10. The Kier molecular flexibility index (Phi) is 7.18. The Morgan fingerprint density at radius 2 is 0.846 bits per heavy atom. The molecule has 0 fully saturated rings. The van der Waals surface area contributed by atoms with Gasteiger partial charge in [0.25, 0.3) is 0 Å².